The van der Waals surface area contributed by atoms with Crippen molar-refractivity contribution in [2.24, 2.45) is 17.8 Å². The van der Waals surface area contributed by atoms with Gasteiger partial charge in [-0.3, -0.25) is 4.79 Å². The molecule has 6 rings (SSSR count). The predicted molar refractivity (Wildman–Crippen MR) is 214 cm³/mol. The van der Waals surface area contributed by atoms with E-state index in [4.69, 9.17) is 37.9 Å². The number of aromatic nitrogens is 4. The summed E-state index contributed by atoms with van der Waals surface area (Å²) >= 11 is 13.4. The van der Waals surface area contributed by atoms with Crippen LogP contribution in [0, 0.1) is 17.8 Å². The zero-order chi connectivity index (χ0) is 38.0. The van der Waals surface area contributed by atoms with E-state index in [2.05, 4.69) is 97.2 Å². The Morgan fingerprint density at radius 1 is 0.811 bits per heavy atom. The van der Waals surface area contributed by atoms with Crippen molar-refractivity contribution in [3.63, 3.8) is 0 Å². The highest BCUT2D eigenvalue weighted by Crippen LogP contribution is 2.43. The van der Waals surface area contributed by atoms with Crippen molar-refractivity contribution in [2.45, 2.75) is 65.7 Å². The van der Waals surface area contributed by atoms with Crippen LogP contribution >= 0.6 is 23.2 Å². The second-order valence-electron chi connectivity index (χ2n) is 14.3. The summed E-state index contributed by atoms with van der Waals surface area (Å²) in [5.41, 5.74) is 7.29. The van der Waals surface area contributed by atoms with E-state index in [1.165, 1.54) is 7.11 Å². The van der Waals surface area contributed by atoms with E-state index in [1.54, 1.807) is 0 Å². The molecule has 4 N–H and O–H groups in total. The number of halogens is 2. The van der Waals surface area contributed by atoms with E-state index in [0.717, 1.165) is 58.0 Å². The first-order valence-corrected chi connectivity index (χ1v) is 19.0. The first kappa shape index (κ1) is 38.1. The van der Waals surface area contributed by atoms with Gasteiger partial charge in [0, 0.05) is 34.6 Å². The molecule has 0 bridgehead atoms. The zero-order valence-electron chi connectivity index (χ0n) is 31.2. The van der Waals surface area contributed by atoms with Gasteiger partial charge in [-0.15, -0.1) is 0 Å². The van der Waals surface area contributed by atoms with E-state index >= 15 is 0 Å². The lowest BCUT2D eigenvalue weighted by Crippen LogP contribution is -2.40. The Labute approximate surface area is 322 Å². The molecule has 280 valence electrons. The quantitative estimate of drug-likeness (QED) is 0.0755. The van der Waals surface area contributed by atoms with Crippen molar-refractivity contribution in [2.75, 3.05) is 20.2 Å². The van der Waals surface area contributed by atoms with Gasteiger partial charge in [0.25, 0.3) is 0 Å². The van der Waals surface area contributed by atoms with Gasteiger partial charge in [0.15, 0.2) is 5.88 Å². The maximum Gasteiger partial charge on any atom is 0.242 e. The van der Waals surface area contributed by atoms with Crippen molar-refractivity contribution >= 4 is 29.1 Å². The molecule has 10 nitrogen and oxygen atoms in total. The van der Waals surface area contributed by atoms with Crippen LogP contribution in [0.5, 0.6) is 0 Å². The predicted octanol–water partition coefficient (Wildman–Crippen LogP) is 8.37. The van der Waals surface area contributed by atoms with Crippen LogP contribution in [-0.4, -0.2) is 67.9 Å². The summed E-state index contributed by atoms with van der Waals surface area (Å²) in [6.45, 7) is 22.5. The van der Waals surface area contributed by atoms with Gasteiger partial charge in [0.1, 0.15) is 33.3 Å². The van der Waals surface area contributed by atoms with Crippen LogP contribution in [-0.2, 0) is 22.6 Å². The summed E-state index contributed by atoms with van der Waals surface area (Å²) in [7, 11) is 1.51. The first-order chi connectivity index (χ1) is 25.4. The Hall–Kier alpha value is -4.67. The van der Waals surface area contributed by atoms with Gasteiger partial charge in [-0.2, -0.15) is 0 Å². The second kappa shape index (κ2) is 16.1. The Bertz CT molecular complexity index is 1960. The zero-order valence-corrected chi connectivity index (χ0v) is 32.7. The van der Waals surface area contributed by atoms with Crippen molar-refractivity contribution in [1.29, 1.82) is 0 Å². The molecule has 1 amide bonds. The monoisotopic (exact) mass is 756 g/mol. The number of aromatic amines is 2. The lowest BCUT2D eigenvalue weighted by molar-refractivity contribution is -0.132. The molecular formula is C41H50Cl2N8O2. The molecule has 2 aromatic carbocycles. The highest BCUT2D eigenvalue weighted by atomic mass is 35.5. The lowest BCUT2D eigenvalue weighted by Gasteiger charge is -2.27. The highest BCUT2D eigenvalue weighted by molar-refractivity contribution is 6.32. The lowest BCUT2D eigenvalue weighted by atomic mass is 10.0. The number of amides is 1. The third-order valence-electron chi connectivity index (χ3n) is 10.7. The molecule has 4 aromatic rings. The number of allylic oxidation sites excluding steroid dienone is 1. The fourth-order valence-corrected chi connectivity index (χ4v) is 7.38. The third-order valence-corrected chi connectivity index (χ3v) is 11.2. The van der Waals surface area contributed by atoms with Crippen LogP contribution in [0.3, 0.4) is 0 Å². The minimum absolute atomic E-state index is 0.0527. The average molecular weight is 758 g/mol. The maximum absolute atomic E-state index is 13.2. The van der Waals surface area contributed by atoms with E-state index in [9.17, 15) is 4.79 Å². The van der Waals surface area contributed by atoms with Crippen LogP contribution in [0.1, 0.15) is 52.2 Å². The average Bonchev–Trinajstić information content (AvgIpc) is 3.90. The van der Waals surface area contributed by atoms with E-state index in [0.29, 0.717) is 71.1 Å². The number of carbonyl (C=O) groups is 1. The molecule has 0 saturated heterocycles. The van der Waals surface area contributed by atoms with Gasteiger partial charge in [-0.25, -0.2) is 9.97 Å². The standard InChI is InChI=1S/C41H50Cl2N8O2/c1-9-24(3)44-19-25(4)50(33-18-23(33)2)21-34-46-37(40(42)48-34)31-14-10-29(11-15-31)30-12-16-32(17-13-30)38-41(43)49-35(47-38)22-51(39-26(5)27(39)6)36(52)20-45-28(7)53-8/h10-17,23,26-27,33,39,44-45H,3-4,7,9,18-22H2,1-2,5-6,8H3,(H,46,48)(H,47,49). The highest BCUT2D eigenvalue weighted by Gasteiger charge is 2.48. The molecule has 0 radical (unpaired) electrons. The summed E-state index contributed by atoms with van der Waals surface area (Å²) in [6.07, 6.45) is 2.02. The molecule has 2 aliphatic rings. The van der Waals surface area contributed by atoms with Crippen LogP contribution < -0.4 is 10.6 Å². The Morgan fingerprint density at radius 3 is 1.72 bits per heavy atom. The molecule has 0 aliphatic heterocycles. The molecule has 2 saturated carbocycles. The molecule has 2 aliphatic carbocycles. The van der Waals surface area contributed by atoms with Gasteiger partial charge in [-0.1, -0.05) is 113 Å². The molecule has 2 heterocycles. The number of H-pyrrole nitrogens is 2. The summed E-state index contributed by atoms with van der Waals surface area (Å²) in [6, 6.07) is 16.9. The minimum Gasteiger partial charge on any atom is -0.483 e. The largest absolute Gasteiger partial charge is 0.483 e. The topological polar surface area (TPSA) is 114 Å². The smallest absolute Gasteiger partial charge is 0.242 e. The van der Waals surface area contributed by atoms with Gasteiger partial charge in [-0.05, 0) is 48.3 Å². The summed E-state index contributed by atoms with van der Waals surface area (Å²) < 4.78 is 5.06. The van der Waals surface area contributed by atoms with E-state index in [1.807, 2.05) is 29.2 Å². The van der Waals surface area contributed by atoms with E-state index < -0.39 is 0 Å². The van der Waals surface area contributed by atoms with Crippen molar-refractivity contribution < 1.29 is 9.53 Å². The fraction of sp³-hybridized carbons (Fsp3) is 0.390. The summed E-state index contributed by atoms with van der Waals surface area (Å²) in [4.78, 5) is 33.6. The van der Waals surface area contributed by atoms with Gasteiger partial charge >= 0.3 is 0 Å². The molecule has 0 spiro atoms. The van der Waals surface area contributed by atoms with Gasteiger partial charge in [0.2, 0.25) is 5.91 Å². The summed E-state index contributed by atoms with van der Waals surface area (Å²) in [5, 5.41) is 7.25. The van der Waals surface area contributed by atoms with Gasteiger partial charge < -0.3 is 35.1 Å². The number of ether oxygens (including phenoxy) is 1. The number of imidazole rings is 2. The van der Waals surface area contributed by atoms with Crippen LogP contribution in [0.4, 0.5) is 0 Å². The SMILES string of the molecule is C=C(CC)NCC(=C)N(Cc1nc(-c2ccc(-c3ccc(-c4nc(CN(C(=O)CNC(=C)OC)C5C(C)C5C)[nH]c4Cl)cc3)cc2)c(Cl)[nH]1)C1CC1C. The number of methoxy groups -OCH3 is 1. The molecular weight excluding hydrogens is 707 g/mol. The Kier molecular flexibility index (Phi) is 11.6. The van der Waals surface area contributed by atoms with Gasteiger partial charge in [0.05, 0.1) is 33.3 Å². The molecule has 12 heteroatoms. The van der Waals surface area contributed by atoms with Crippen molar-refractivity contribution in [3.05, 3.63) is 107 Å². The van der Waals surface area contributed by atoms with Crippen LogP contribution in [0.2, 0.25) is 10.3 Å². The molecule has 2 aromatic heterocycles. The second-order valence-corrected chi connectivity index (χ2v) is 15.1. The first-order valence-electron chi connectivity index (χ1n) is 18.2. The Morgan fingerprint density at radius 2 is 1.28 bits per heavy atom. The Balaban J connectivity index is 1.11. The van der Waals surface area contributed by atoms with Crippen molar-refractivity contribution in [3.8, 4) is 33.6 Å². The summed E-state index contributed by atoms with van der Waals surface area (Å²) in [5.74, 6) is 3.16. The number of carbonyl (C=O) groups excluding carboxylic acids is 1. The number of nitrogens with one attached hydrogen (secondary N) is 4. The number of rotatable bonds is 18. The molecule has 2 fully saturated rings. The minimum atomic E-state index is -0.0527. The van der Waals surface area contributed by atoms with Crippen LogP contribution in [0.15, 0.2) is 85.5 Å². The molecule has 4 unspecified atom stereocenters. The van der Waals surface area contributed by atoms with Crippen LogP contribution in [0.25, 0.3) is 33.6 Å². The number of benzene rings is 2. The fourth-order valence-electron chi connectivity index (χ4n) is 6.86. The van der Waals surface area contributed by atoms with E-state index in [-0.39, 0.29) is 18.5 Å². The maximum atomic E-state index is 13.2. The number of hydrogen-bond donors (Lipinski definition) is 4. The van der Waals surface area contributed by atoms with Crippen molar-refractivity contribution in [1.82, 2.24) is 40.4 Å². The third kappa shape index (κ3) is 8.77. The molecule has 53 heavy (non-hydrogen) atoms. The normalized spacial score (nSPS) is 20.0. The molecule has 4 atom stereocenters. The number of nitrogens with zero attached hydrogens (tertiary/aromatic N) is 4. The number of hydrogen-bond acceptors (Lipinski definition) is 7.